The molecule has 1 aliphatic carbocycles. The van der Waals surface area contributed by atoms with Crippen molar-refractivity contribution in [2.75, 3.05) is 5.75 Å². The topological polar surface area (TPSA) is 97.1 Å². The molecule has 1 aliphatic rings. The van der Waals surface area contributed by atoms with Gasteiger partial charge < -0.3 is 4.42 Å². The lowest BCUT2D eigenvalue weighted by Crippen LogP contribution is -2.42. The van der Waals surface area contributed by atoms with Crippen LogP contribution in [0.2, 0.25) is 0 Å². The first-order valence-corrected chi connectivity index (χ1v) is 9.96. The van der Waals surface area contributed by atoms with Crippen molar-refractivity contribution in [3.63, 3.8) is 0 Å². The molecule has 3 aromatic heterocycles. The standard InChI is InChI=1S/C17H16N4O3S2/c1-9-18-16(14-10-4-2-6-12(10)26-17(14)19-9)25-8-13(22)20-21-15(23)11-5-3-7-24-11/h3,5,7H,2,4,6,8H2,1H3,(H,20,22)(H,21,23). The van der Waals surface area contributed by atoms with Crippen molar-refractivity contribution in [1.29, 1.82) is 0 Å². The first-order chi connectivity index (χ1) is 12.6. The van der Waals surface area contributed by atoms with Crippen LogP contribution in [0.4, 0.5) is 0 Å². The molecule has 0 saturated heterocycles. The molecule has 7 nitrogen and oxygen atoms in total. The third-order valence-corrected chi connectivity index (χ3v) is 6.20. The Labute approximate surface area is 157 Å². The quantitative estimate of drug-likeness (QED) is 0.405. The number of nitrogens with one attached hydrogen (secondary N) is 2. The Morgan fingerprint density at radius 1 is 1.31 bits per heavy atom. The Morgan fingerprint density at radius 3 is 3.00 bits per heavy atom. The number of hydrogen-bond acceptors (Lipinski definition) is 7. The number of furan rings is 1. The molecule has 3 heterocycles. The Balaban J connectivity index is 1.43. The number of fused-ring (bicyclic) bond motifs is 3. The maximum atomic E-state index is 12.1. The molecule has 26 heavy (non-hydrogen) atoms. The summed E-state index contributed by atoms with van der Waals surface area (Å²) in [6, 6.07) is 3.13. The van der Waals surface area contributed by atoms with Crippen molar-refractivity contribution in [1.82, 2.24) is 20.8 Å². The summed E-state index contributed by atoms with van der Waals surface area (Å²) in [4.78, 5) is 35.3. The number of hydrazine groups is 1. The molecule has 4 rings (SSSR count). The van der Waals surface area contributed by atoms with Crippen LogP contribution >= 0.6 is 23.1 Å². The fourth-order valence-corrected chi connectivity index (χ4v) is 5.21. The number of rotatable bonds is 4. The molecule has 9 heteroatoms. The van der Waals surface area contributed by atoms with Gasteiger partial charge in [0, 0.05) is 10.3 Å². The first-order valence-electron chi connectivity index (χ1n) is 8.16. The van der Waals surface area contributed by atoms with Crippen LogP contribution in [-0.2, 0) is 17.6 Å². The van der Waals surface area contributed by atoms with Gasteiger partial charge in [0.25, 0.3) is 0 Å². The van der Waals surface area contributed by atoms with E-state index >= 15 is 0 Å². The summed E-state index contributed by atoms with van der Waals surface area (Å²) in [6.45, 7) is 1.86. The van der Waals surface area contributed by atoms with Gasteiger partial charge in [0.15, 0.2) is 5.76 Å². The van der Waals surface area contributed by atoms with Crippen LogP contribution in [0.1, 0.15) is 33.2 Å². The van der Waals surface area contributed by atoms with Gasteiger partial charge in [-0.1, -0.05) is 11.8 Å². The van der Waals surface area contributed by atoms with E-state index in [0.717, 1.165) is 34.5 Å². The van der Waals surface area contributed by atoms with Gasteiger partial charge in [0.2, 0.25) is 5.91 Å². The Hall–Kier alpha value is -2.39. The zero-order valence-electron chi connectivity index (χ0n) is 14.0. The molecule has 0 aliphatic heterocycles. The zero-order valence-corrected chi connectivity index (χ0v) is 15.6. The molecular formula is C17H16N4O3S2. The largest absolute Gasteiger partial charge is 0.459 e. The van der Waals surface area contributed by atoms with Crippen LogP contribution in [0.5, 0.6) is 0 Å². The number of amides is 2. The Morgan fingerprint density at radius 2 is 2.19 bits per heavy atom. The van der Waals surface area contributed by atoms with Gasteiger partial charge in [-0.15, -0.1) is 11.3 Å². The molecule has 3 aromatic rings. The number of aromatic nitrogens is 2. The second-order valence-corrected chi connectivity index (χ2v) is 7.93. The average molecular weight is 388 g/mol. The highest BCUT2D eigenvalue weighted by molar-refractivity contribution is 8.00. The van der Waals surface area contributed by atoms with Gasteiger partial charge in [-0.25, -0.2) is 9.97 Å². The molecule has 0 bridgehead atoms. The van der Waals surface area contributed by atoms with E-state index in [-0.39, 0.29) is 17.4 Å². The van der Waals surface area contributed by atoms with Crippen LogP contribution in [0.3, 0.4) is 0 Å². The lowest BCUT2D eigenvalue weighted by atomic mass is 10.2. The van der Waals surface area contributed by atoms with Crippen molar-refractivity contribution < 1.29 is 14.0 Å². The van der Waals surface area contributed by atoms with Crippen LogP contribution in [0.15, 0.2) is 27.8 Å². The Bertz CT molecular complexity index is 982. The van der Waals surface area contributed by atoms with E-state index in [1.165, 1.54) is 34.5 Å². The molecule has 0 aromatic carbocycles. The van der Waals surface area contributed by atoms with Crippen LogP contribution in [0.25, 0.3) is 10.2 Å². The number of aryl methyl sites for hydroxylation is 3. The highest BCUT2D eigenvalue weighted by Crippen LogP contribution is 2.40. The minimum atomic E-state index is -0.496. The number of hydrogen-bond donors (Lipinski definition) is 2. The summed E-state index contributed by atoms with van der Waals surface area (Å²) in [7, 11) is 0. The van der Waals surface area contributed by atoms with Crippen molar-refractivity contribution in [3.8, 4) is 0 Å². The Kier molecular flexibility index (Phi) is 4.64. The highest BCUT2D eigenvalue weighted by Gasteiger charge is 2.22. The average Bonchev–Trinajstić information content (AvgIpc) is 3.33. The molecule has 0 spiro atoms. The van der Waals surface area contributed by atoms with Gasteiger partial charge in [-0.05, 0) is 43.9 Å². The summed E-state index contributed by atoms with van der Waals surface area (Å²) < 4.78 is 4.97. The van der Waals surface area contributed by atoms with Gasteiger partial charge in [-0.3, -0.25) is 20.4 Å². The van der Waals surface area contributed by atoms with Crippen LogP contribution in [0, 0.1) is 6.92 Å². The minimum Gasteiger partial charge on any atom is -0.459 e. The van der Waals surface area contributed by atoms with Gasteiger partial charge in [0.05, 0.1) is 12.0 Å². The van der Waals surface area contributed by atoms with Crippen molar-refractivity contribution in [3.05, 3.63) is 40.4 Å². The number of thiophene rings is 1. The van der Waals surface area contributed by atoms with E-state index < -0.39 is 5.91 Å². The van der Waals surface area contributed by atoms with Crippen molar-refractivity contribution in [2.24, 2.45) is 0 Å². The number of carbonyl (C=O) groups excluding carboxylic acids is 2. The van der Waals surface area contributed by atoms with E-state index in [0.29, 0.717) is 5.82 Å². The van der Waals surface area contributed by atoms with Crippen molar-refractivity contribution in [2.45, 2.75) is 31.2 Å². The maximum Gasteiger partial charge on any atom is 0.305 e. The molecule has 0 saturated carbocycles. The summed E-state index contributed by atoms with van der Waals surface area (Å²) in [5.74, 6) is 0.177. The highest BCUT2D eigenvalue weighted by atomic mass is 32.2. The lowest BCUT2D eigenvalue weighted by molar-refractivity contribution is -0.119. The molecule has 2 amide bonds. The van der Waals surface area contributed by atoms with E-state index in [4.69, 9.17) is 4.42 Å². The molecule has 0 unspecified atom stereocenters. The van der Waals surface area contributed by atoms with Crippen LogP contribution < -0.4 is 10.9 Å². The smallest absolute Gasteiger partial charge is 0.305 e. The maximum absolute atomic E-state index is 12.1. The first kappa shape index (κ1) is 17.0. The fourth-order valence-electron chi connectivity index (χ4n) is 2.93. The van der Waals surface area contributed by atoms with Gasteiger partial charge in [0.1, 0.15) is 15.7 Å². The predicted octanol–water partition coefficient (Wildman–Crippen LogP) is 2.63. The normalized spacial score (nSPS) is 13.0. The zero-order chi connectivity index (χ0) is 18.1. The number of thioether (sulfide) groups is 1. The predicted molar refractivity (Wildman–Crippen MR) is 99.2 cm³/mol. The molecular weight excluding hydrogens is 372 g/mol. The molecule has 2 N–H and O–H groups in total. The number of carbonyl (C=O) groups is 2. The molecule has 0 atom stereocenters. The third-order valence-electron chi connectivity index (χ3n) is 4.04. The van der Waals surface area contributed by atoms with E-state index in [2.05, 4.69) is 20.8 Å². The molecule has 0 fully saturated rings. The fraction of sp³-hybridized carbons (Fsp3) is 0.294. The monoisotopic (exact) mass is 388 g/mol. The van der Waals surface area contributed by atoms with E-state index in [1.807, 2.05) is 6.92 Å². The minimum absolute atomic E-state index is 0.139. The van der Waals surface area contributed by atoms with Gasteiger partial charge in [-0.2, -0.15) is 0 Å². The van der Waals surface area contributed by atoms with E-state index in [1.54, 1.807) is 17.4 Å². The van der Waals surface area contributed by atoms with E-state index in [9.17, 15) is 9.59 Å². The summed E-state index contributed by atoms with van der Waals surface area (Å²) in [5.41, 5.74) is 6.05. The molecule has 134 valence electrons. The summed E-state index contributed by atoms with van der Waals surface area (Å²) in [6.07, 6.45) is 4.70. The third kappa shape index (κ3) is 3.32. The summed E-state index contributed by atoms with van der Waals surface area (Å²) >= 11 is 3.09. The lowest BCUT2D eigenvalue weighted by Gasteiger charge is -2.07. The van der Waals surface area contributed by atoms with Crippen LogP contribution in [-0.4, -0.2) is 27.5 Å². The second kappa shape index (κ2) is 7.08. The number of nitrogens with zero attached hydrogens (tertiary/aromatic N) is 2. The SMILES string of the molecule is Cc1nc(SCC(=O)NNC(=O)c2ccco2)c2c3c(sc2n1)CCC3. The second-order valence-electron chi connectivity index (χ2n) is 5.88. The van der Waals surface area contributed by atoms with Gasteiger partial charge >= 0.3 is 5.91 Å². The van der Waals surface area contributed by atoms with Crippen molar-refractivity contribution >= 4 is 45.1 Å². The molecule has 0 radical (unpaired) electrons. The summed E-state index contributed by atoms with van der Waals surface area (Å²) in [5, 5.41) is 1.92.